The second kappa shape index (κ2) is 4.55. The van der Waals surface area contributed by atoms with E-state index < -0.39 is 11.9 Å². The van der Waals surface area contributed by atoms with Gasteiger partial charge in [-0.3, -0.25) is 0 Å². The second-order valence-corrected chi connectivity index (χ2v) is 4.16. The molecule has 0 saturated heterocycles. The van der Waals surface area contributed by atoms with Crippen LogP contribution in [0.3, 0.4) is 0 Å². The summed E-state index contributed by atoms with van der Waals surface area (Å²) in [5, 5.41) is 0.317. The summed E-state index contributed by atoms with van der Waals surface area (Å²) in [6.07, 6.45) is -2.68. The van der Waals surface area contributed by atoms with Crippen LogP contribution in [-0.4, -0.2) is 10.6 Å². The first-order valence-electron chi connectivity index (χ1n) is 5.66. The summed E-state index contributed by atoms with van der Waals surface area (Å²) >= 11 is 0. The number of hydrogen-bond acceptors (Lipinski definition) is 2. The second-order valence-electron chi connectivity index (χ2n) is 4.16. The quantitative estimate of drug-likeness (QED) is 0.603. The molecule has 6 heteroatoms. The van der Waals surface area contributed by atoms with Gasteiger partial charge < -0.3 is 4.57 Å². The summed E-state index contributed by atoms with van der Waals surface area (Å²) < 4.78 is 40.1. The van der Waals surface area contributed by atoms with Gasteiger partial charge in [0.15, 0.2) is 5.69 Å². The Morgan fingerprint density at radius 2 is 2.05 bits per heavy atom. The van der Waals surface area contributed by atoms with E-state index in [1.54, 1.807) is 18.2 Å². The van der Waals surface area contributed by atoms with Gasteiger partial charge in [-0.15, -0.1) is 0 Å². The summed E-state index contributed by atoms with van der Waals surface area (Å²) in [5.41, 5.74) is -0.0258. The van der Waals surface area contributed by atoms with E-state index in [-0.39, 0.29) is 5.69 Å². The summed E-state index contributed by atoms with van der Waals surface area (Å²) in [6, 6.07) is 4.99. The van der Waals surface area contributed by atoms with Crippen LogP contribution in [0.2, 0.25) is 0 Å². The monoisotopic (exact) mass is 268 g/mol. The Bertz CT molecular complexity index is 679. The normalized spacial score (nSPS) is 11.6. The highest BCUT2D eigenvalue weighted by Crippen LogP contribution is 2.42. The first kappa shape index (κ1) is 13.4. The highest BCUT2D eigenvalue weighted by atomic mass is 19.4. The smallest absolute Gasteiger partial charge is 0.338 e. The molecular weight excluding hydrogens is 257 g/mol. The van der Waals surface area contributed by atoms with E-state index in [1.807, 2.05) is 6.92 Å². The third-order valence-electron chi connectivity index (χ3n) is 3.07. The number of aliphatic imine (C=N–C) groups is 1. The number of halogens is 3. The number of rotatable bonds is 2. The predicted octanol–water partition coefficient (Wildman–Crippen LogP) is 3.73. The van der Waals surface area contributed by atoms with Crippen molar-refractivity contribution in [2.75, 3.05) is 0 Å². The van der Waals surface area contributed by atoms with Gasteiger partial charge >= 0.3 is 6.18 Å². The lowest BCUT2D eigenvalue weighted by molar-refractivity contribution is -0.142. The predicted molar refractivity (Wildman–Crippen MR) is 65.1 cm³/mol. The van der Waals surface area contributed by atoms with Crippen LogP contribution in [0.15, 0.2) is 23.2 Å². The van der Waals surface area contributed by atoms with Crippen molar-refractivity contribution in [3.05, 3.63) is 29.5 Å². The fourth-order valence-corrected chi connectivity index (χ4v) is 2.18. The molecular formula is C13H11F3N2O. The highest BCUT2D eigenvalue weighted by molar-refractivity contribution is 5.95. The van der Waals surface area contributed by atoms with Crippen LogP contribution in [0.1, 0.15) is 18.2 Å². The third-order valence-corrected chi connectivity index (χ3v) is 3.07. The molecule has 1 aromatic heterocycles. The van der Waals surface area contributed by atoms with Crippen LogP contribution in [-0.2, 0) is 24.4 Å². The average molecular weight is 268 g/mol. The fraction of sp³-hybridized carbons (Fsp3) is 0.308. The van der Waals surface area contributed by atoms with Crippen molar-refractivity contribution in [1.82, 2.24) is 4.57 Å². The number of fused-ring (bicyclic) bond motifs is 1. The number of nitrogens with zero attached hydrogens (tertiary/aromatic N) is 2. The van der Waals surface area contributed by atoms with E-state index in [4.69, 9.17) is 0 Å². The first-order valence-corrected chi connectivity index (χ1v) is 5.66. The summed E-state index contributed by atoms with van der Waals surface area (Å²) in [5.74, 6) is 0. The Hall–Kier alpha value is -2.07. The van der Waals surface area contributed by atoms with Crippen molar-refractivity contribution in [1.29, 1.82) is 0 Å². The average Bonchev–Trinajstić information content (AvgIpc) is 2.62. The molecule has 1 heterocycles. The van der Waals surface area contributed by atoms with Crippen molar-refractivity contribution in [3.8, 4) is 0 Å². The number of aromatic nitrogens is 1. The Kier molecular flexibility index (Phi) is 3.20. The van der Waals surface area contributed by atoms with Gasteiger partial charge in [-0.05, 0) is 24.1 Å². The van der Waals surface area contributed by atoms with Crippen LogP contribution in [0.25, 0.3) is 10.9 Å². The minimum Gasteiger partial charge on any atom is -0.338 e. The fourth-order valence-electron chi connectivity index (χ4n) is 2.18. The molecule has 0 bridgehead atoms. The molecule has 19 heavy (non-hydrogen) atoms. The van der Waals surface area contributed by atoms with Crippen molar-refractivity contribution in [3.63, 3.8) is 0 Å². The van der Waals surface area contributed by atoms with Gasteiger partial charge in [0.2, 0.25) is 6.08 Å². The zero-order chi connectivity index (χ0) is 14.2. The van der Waals surface area contributed by atoms with Gasteiger partial charge in [0, 0.05) is 12.4 Å². The van der Waals surface area contributed by atoms with Crippen LogP contribution in [0.4, 0.5) is 18.9 Å². The van der Waals surface area contributed by atoms with E-state index >= 15 is 0 Å². The Morgan fingerprint density at radius 1 is 1.37 bits per heavy atom. The van der Waals surface area contributed by atoms with E-state index in [0.29, 0.717) is 17.3 Å². The molecule has 3 nitrogen and oxygen atoms in total. The van der Waals surface area contributed by atoms with Gasteiger partial charge in [-0.25, -0.2) is 4.79 Å². The minimum absolute atomic E-state index is 0.317. The molecule has 0 fully saturated rings. The van der Waals surface area contributed by atoms with E-state index in [2.05, 4.69) is 4.99 Å². The van der Waals surface area contributed by atoms with Crippen molar-refractivity contribution in [2.45, 2.75) is 19.5 Å². The Morgan fingerprint density at radius 3 is 2.58 bits per heavy atom. The lowest BCUT2D eigenvalue weighted by Gasteiger charge is -2.08. The van der Waals surface area contributed by atoms with E-state index in [9.17, 15) is 18.0 Å². The van der Waals surface area contributed by atoms with Crippen molar-refractivity contribution in [2.24, 2.45) is 12.0 Å². The van der Waals surface area contributed by atoms with Crippen LogP contribution < -0.4 is 0 Å². The summed E-state index contributed by atoms with van der Waals surface area (Å²) in [7, 11) is 1.31. The van der Waals surface area contributed by atoms with Crippen LogP contribution >= 0.6 is 0 Å². The maximum Gasteiger partial charge on any atom is 0.433 e. The third kappa shape index (κ3) is 2.15. The molecule has 0 spiro atoms. The molecule has 0 aliphatic carbocycles. The minimum atomic E-state index is -4.57. The molecule has 0 radical (unpaired) electrons. The molecule has 0 amide bonds. The maximum atomic E-state index is 13.0. The summed E-state index contributed by atoms with van der Waals surface area (Å²) in [6.45, 7) is 1.90. The zero-order valence-electron chi connectivity index (χ0n) is 10.4. The van der Waals surface area contributed by atoms with Gasteiger partial charge in [-0.2, -0.15) is 18.2 Å². The van der Waals surface area contributed by atoms with Gasteiger partial charge in [-0.1, -0.05) is 13.0 Å². The number of hydrogen-bond donors (Lipinski definition) is 0. The molecule has 2 rings (SSSR count). The Balaban J connectivity index is 2.92. The lowest BCUT2D eigenvalue weighted by Crippen LogP contribution is -2.11. The Labute approximate surface area is 107 Å². The van der Waals surface area contributed by atoms with Crippen LogP contribution in [0.5, 0.6) is 0 Å². The standard InChI is InChI=1S/C13H11F3N2O/c1-3-8-4-5-10-9(6-8)11(17-7-19)12(18(10)2)13(14,15)16/h4-6H,3H2,1-2H3. The van der Waals surface area contributed by atoms with Gasteiger partial charge in [0.05, 0.1) is 5.52 Å². The van der Waals surface area contributed by atoms with E-state index in [0.717, 1.165) is 10.1 Å². The molecule has 2 aromatic rings. The zero-order valence-corrected chi connectivity index (χ0v) is 10.4. The van der Waals surface area contributed by atoms with Crippen LogP contribution in [0, 0.1) is 0 Å². The number of alkyl halides is 3. The number of benzene rings is 1. The largest absolute Gasteiger partial charge is 0.433 e. The molecule has 0 unspecified atom stereocenters. The SMILES string of the molecule is CCc1ccc2c(c1)c(N=C=O)c(C(F)(F)F)n2C. The molecule has 1 aromatic carbocycles. The number of isocyanates is 1. The number of carbonyl (C=O) groups excluding carboxylic acids is 1. The molecule has 0 N–H and O–H groups in total. The molecule has 0 aliphatic rings. The van der Waals surface area contributed by atoms with Gasteiger partial charge in [0.1, 0.15) is 5.69 Å². The topological polar surface area (TPSA) is 34.4 Å². The number of aryl methyl sites for hydroxylation is 2. The van der Waals surface area contributed by atoms with Gasteiger partial charge in [0.25, 0.3) is 0 Å². The van der Waals surface area contributed by atoms with E-state index in [1.165, 1.54) is 13.1 Å². The lowest BCUT2D eigenvalue weighted by atomic mass is 10.1. The molecule has 100 valence electrons. The molecule has 0 atom stereocenters. The first-order chi connectivity index (χ1) is 8.90. The van der Waals surface area contributed by atoms with Crippen molar-refractivity contribution >= 4 is 22.7 Å². The summed E-state index contributed by atoms with van der Waals surface area (Å²) in [4.78, 5) is 13.6. The molecule has 0 aliphatic heterocycles. The van der Waals surface area contributed by atoms with Crippen molar-refractivity contribution < 1.29 is 18.0 Å². The highest BCUT2D eigenvalue weighted by Gasteiger charge is 2.38. The maximum absolute atomic E-state index is 13.0. The molecule has 0 saturated carbocycles.